The van der Waals surface area contributed by atoms with Gasteiger partial charge in [-0.05, 0) is 44.9 Å². The first-order chi connectivity index (χ1) is 23.5. The van der Waals surface area contributed by atoms with Gasteiger partial charge >= 0.3 is 0 Å². The number of aliphatic hydroxyl groups is 1. The standard InChI is InChI=1S/C40H77N2O6P/c1-6-8-10-12-14-16-18-19-20-21-22-23-24-26-28-30-32-34-40(44)41-38(37-48-49(45,46)47-36-35-42(3,4)5)39(43)33-31-29-27-25-17-15-13-11-9-7-2/h19-20,27,29,31,33,38-39,43H,6-18,21-26,28,30,32,34-37H2,1-5H3,(H-,41,44,45,46)/b20-19+,29-27+,33-31+/t38-,39+/m0/s1. The van der Waals surface area contributed by atoms with Gasteiger partial charge in [-0.2, -0.15) is 0 Å². The number of carbonyl (C=O) groups is 1. The molecule has 1 amide bonds. The normalized spacial score (nSPS) is 15.0. The van der Waals surface area contributed by atoms with Crippen molar-refractivity contribution in [2.45, 2.75) is 174 Å². The zero-order valence-electron chi connectivity index (χ0n) is 32.4. The Morgan fingerprint density at radius 2 is 1.18 bits per heavy atom. The van der Waals surface area contributed by atoms with E-state index < -0.39 is 26.6 Å². The quantitative estimate of drug-likeness (QED) is 0.0223. The van der Waals surface area contributed by atoms with Gasteiger partial charge in [-0.25, -0.2) is 0 Å². The lowest BCUT2D eigenvalue weighted by molar-refractivity contribution is -0.870. The van der Waals surface area contributed by atoms with Crippen molar-refractivity contribution >= 4 is 13.7 Å². The van der Waals surface area contributed by atoms with Crippen LogP contribution < -0.4 is 10.2 Å². The van der Waals surface area contributed by atoms with Gasteiger partial charge < -0.3 is 28.8 Å². The molecule has 0 fully saturated rings. The van der Waals surface area contributed by atoms with Crippen molar-refractivity contribution in [2.24, 2.45) is 0 Å². The summed E-state index contributed by atoms with van der Waals surface area (Å²) < 4.78 is 23.0. The van der Waals surface area contributed by atoms with Crippen LogP contribution in [0.4, 0.5) is 0 Å². The number of unbranched alkanes of at least 4 members (excludes halogenated alkanes) is 19. The van der Waals surface area contributed by atoms with Crippen molar-refractivity contribution in [3.8, 4) is 0 Å². The van der Waals surface area contributed by atoms with Gasteiger partial charge in [0.1, 0.15) is 13.2 Å². The number of quaternary nitrogens is 1. The van der Waals surface area contributed by atoms with Crippen LogP contribution in [0, 0.1) is 0 Å². The minimum absolute atomic E-state index is 0.0104. The second kappa shape index (κ2) is 32.6. The summed E-state index contributed by atoms with van der Waals surface area (Å²) >= 11 is 0. The summed E-state index contributed by atoms with van der Waals surface area (Å²) in [6.07, 6.45) is 37.7. The number of nitrogens with one attached hydrogen (secondary N) is 1. The Bertz CT molecular complexity index is 902. The first-order valence-corrected chi connectivity index (χ1v) is 21.3. The van der Waals surface area contributed by atoms with Crippen LogP contribution in [0.25, 0.3) is 0 Å². The van der Waals surface area contributed by atoms with Crippen LogP contribution in [0.2, 0.25) is 0 Å². The Hall–Kier alpha value is -1.28. The van der Waals surface area contributed by atoms with E-state index in [0.29, 0.717) is 17.4 Å². The van der Waals surface area contributed by atoms with E-state index in [2.05, 4.69) is 37.4 Å². The highest BCUT2D eigenvalue weighted by molar-refractivity contribution is 7.45. The van der Waals surface area contributed by atoms with Crippen molar-refractivity contribution in [2.75, 3.05) is 40.9 Å². The number of hydrogen-bond donors (Lipinski definition) is 2. The second-order valence-electron chi connectivity index (χ2n) is 14.7. The molecule has 9 heteroatoms. The van der Waals surface area contributed by atoms with Gasteiger partial charge in [0.15, 0.2) is 0 Å². The van der Waals surface area contributed by atoms with Gasteiger partial charge in [-0.15, -0.1) is 0 Å². The predicted molar refractivity (Wildman–Crippen MR) is 205 cm³/mol. The molecule has 0 bridgehead atoms. The number of likely N-dealkylation sites (N-methyl/N-ethyl adjacent to an activating group) is 1. The Kier molecular flexibility index (Phi) is 31.8. The number of allylic oxidation sites excluding steroid dienone is 5. The summed E-state index contributed by atoms with van der Waals surface area (Å²) in [5.74, 6) is -0.223. The van der Waals surface area contributed by atoms with Crippen LogP contribution in [0.3, 0.4) is 0 Å². The van der Waals surface area contributed by atoms with E-state index >= 15 is 0 Å². The van der Waals surface area contributed by atoms with Crippen molar-refractivity contribution in [3.63, 3.8) is 0 Å². The lowest BCUT2D eigenvalue weighted by Crippen LogP contribution is -2.45. The van der Waals surface area contributed by atoms with Crippen LogP contribution in [0.1, 0.15) is 162 Å². The van der Waals surface area contributed by atoms with Crippen molar-refractivity contribution in [1.29, 1.82) is 0 Å². The zero-order chi connectivity index (χ0) is 36.5. The molecule has 0 spiro atoms. The zero-order valence-corrected chi connectivity index (χ0v) is 33.3. The lowest BCUT2D eigenvalue weighted by Gasteiger charge is -2.29. The van der Waals surface area contributed by atoms with Crippen LogP contribution in [-0.4, -0.2) is 68.5 Å². The van der Waals surface area contributed by atoms with Crippen LogP contribution >= 0.6 is 7.82 Å². The maximum atomic E-state index is 12.8. The van der Waals surface area contributed by atoms with Gasteiger partial charge in [0.05, 0.1) is 39.9 Å². The van der Waals surface area contributed by atoms with E-state index in [-0.39, 0.29) is 12.5 Å². The van der Waals surface area contributed by atoms with Crippen LogP contribution in [-0.2, 0) is 18.4 Å². The van der Waals surface area contributed by atoms with Gasteiger partial charge in [0.2, 0.25) is 5.91 Å². The van der Waals surface area contributed by atoms with E-state index in [1.165, 1.54) is 109 Å². The predicted octanol–water partition coefficient (Wildman–Crippen LogP) is 9.72. The number of aliphatic hydroxyl groups excluding tert-OH is 1. The molecule has 0 aliphatic rings. The highest BCUT2D eigenvalue weighted by Crippen LogP contribution is 2.38. The third-order valence-corrected chi connectivity index (χ3v) is 9.59. The summed E-state index contributed by atoms with van der Waals surface area (Å²) in [5, 5.41) is 13.6. The molecule has 1 unspecified atom stereocenters. The van der Waals surface area contributed by atoms with Crippen LogP contribution in [0.15, 0.2) is 36.5 Å². The first kappa shape index (κ1) is 47.7. The summed E-state index contributed by atoms with van der Waals surface area (Å²) in [5.41, 5.74) is 0. The third-order valence-electron chi connectivity index (χ3n) is 8.63. The molecule has 288 valence electrons. The smallest absolute Gasteiger partial charge is 0.268 e. The number of nitrogens with zero attached hydrogens (tertiary/aromatic N) is 1. The minimum Gasteiger partial charge on any atom is -0.756 e. The molecule has 0 aliphatic carbocycles. The molecule has 3 atom stereocenters. The molecule has 2 N–H and O–H groups in total. The SMILES string of the molecule is CCCCCCCC/C=C/C=C/[C@@H](O)[C@H](COP(=O)([O-])OCC[N+](C)(C)C)NC(=O)CCCCCCCCC/C=C/CCCCCCCC. The Balaban J connectivity index is 4.49. The average molecular weight is 713 g/mol. The van der Waals surface area contributed by atoms with Gasteiger partial charge in [0, 0.05) is 6.42 Å². The molecular formula is C40H77N2O6P. The summed E-state index contributed by atoms with van der Waals surface area (Å²) in [4.78, 5) is 25.1. The largest absolute Gasteiger partial charge is 0.756 e. The fraction of sp³-hybridized carbons (Fsp3) is 0.825. The topological polar surface area (TPSA) is 108 Å². The number of phosphoric acid groups is 1. The molecule has 0 radical (unpaired) electrons. The van der Waals surface area contributed by atoms with Crippen molar-refractivity contribution < 1.29 is 32.9 Å². The highest BCUT2D eigenvalue weighted by atomic mass is 31.2. The Morgan fingerprint density at radius 3 is 1.69 bits per heavy atom. The van der Waals surface area contributed by atoms with Crippen molar-refractivity contribution in [1.82, 2.24) is 5.32 Å². The second-order valence-corrected chi connectivity index (χ2v) is 16.1. The molecule has 0 aromatic carbocycles. The molecule has 0 rings (SSSR count). The third kappa shape index (κ3) is 34.9. The molecule has 0 saturated heterocycles. The fourth-order valence-electron chi connectivity index (χ4n) is 5.38. The summed E-state index contributed by atoms with van der Waals surface area (Å²) in [6, 6.07) is -0.917. The number of carbonyl (C=O) groups excluding carboxylic acids is 1. The van der Waals surface area contributed by atoms with E-state index in [1.807, 2.05) is 27.2 Å². The van der Waals surface area contributed by atoms with E-state index in [1.54, 1.807) is 12.2 Å². The minimum atomic E-state index is -4.59. The Labute approximate surface area is 302 Å². The van der Waals surface area contributed by atoms with Gasteiger partial charge in [-0.1, -0.05) is 147 Å². The molecule has 0 aromatic heterocycles. The molecular weight excluding hydrogens is 635 g/mol. The summed E-state index contributed by atoms with van der Waals surface area (Å²) in [6.45, 7) is 4.55. The number of amides is 1. The first-order valence-electron chi connectivity index (χ1n) is 19.9. The number of phosphoric ester groups is 1. The molecule has 0 aromatic rings. The highest BCUT2D eigenvalue weighted by Gasteiger charge is 2.23. The molecule has 0 saturated carbocycles. The van der Waals surface area contributed by atoms with E-state index in [0.717, 1.165) is 32.1 Å². The number of rotatable bonds is 35. The Morgan fingerprint density at radius 1 is 0.714 bits per heavy atom. The summed E-state index contributed by atoms with van der Waals surface area (Å²) in [7, 11) is 1.23. The monoisotopic (exact) mass is 713 g/mol. The molecule has 8 nitrogen and oxygen atoms in total. The van der Waals surface area contributed by atoms with Gasteiger partial charge in [0.25, 0.3) is 7.82 Å². The maximum absolute atomic E-state index is 12.8. The lowest BCUT2D eigenvalue weighted by atomic mass is 10.1. The molecule has 0 heterocycles. The van der Waals surface area contributed by atoms with Crippen LogP contribution in [0.5, 0.6) is 0 Å². The fourth-order valence-corrected chi connectivity index (χ4v) is 6.10. The number of hydrogen-bond acceptors (Lipinski definition) is 6. The van der Waals surface area contributed by atoms with Gasteiger partial charge in [-0.3, -0.25) is 9.36 Å². The van der Waals surface area contributed by atoms with E-state index in [4.69, 9.17) is 9.05 Å². The van der Waals surface area contributed by atoms with E-state index in [9.17, 15) is 19.4 Å². The maximum Gasteiger partial charge on any atom is 0.268 e. The average Bonchev–Trinajstić information content (AvgIpc) is 3.04. The molecule has 0 aliphatic heterocycles. The van der Waals surface area contributed by atoms with Crippen molar-refractivity contribution in [3.05, 3.63) is 36.5 Å². The molecule has 49 heavy (non-hydrogen) atoms.